The Kier molecular flexibility index (Phi) is 3.37. The molecule has 3 heterocycles. The van der Waals surface area contributed by atoms with Crippen LogP contribution in [-0.4, -0.2) is 35.5 Å². The Balaban J connectivity index is 1.56. The maximum atomic E-state index is 12.4. The lowest BCUT2D eigenvalue weighted by atomic mass is 10.2. The predicted octanol–water partition coefficient (Wildman–Crippen LogP) is 1.80. The third-order valence-electron chi connectivity index (χ3n) is 3.99. The van der Waals surface area contributed by atoms with Gasteiger partial charge in [0, 0.05) is 19.0 Å². The molecule has 1 saturated carbocycles. The number of rotatable bonds is 4. The predicted molar refractivity (Wildman–Crippen MR) is 84.0 cm³/mol. The smallest absolute Gasteiger partial charge is 0.346 e. The van der Waals surface area contributed by atoms with E-state index in [0.717, 1.165) is 18.5 Å². The van der Waals surface area contributed by atoms with Crippen molar-refractivity contribution in [2.24, 2.45) is 7.05 Å². The summed E-state index contributed by atoms with van der Waals surface area (Å²) in [5.41, 5.74) is 1.96. The van der Waals surface area contributed by atoms with Crippen LogP contribution in [0, 0.1) is 6.92 Å². The van der Waals surface area contributed by atoms with Crippen molar-refractivity contribution in [1.29, 1.82) is 0 Å². The van der Waals surface area contributed by atoms with E-state index in [4.69, 9.17) is 4.74 Å². The summed E-state index contributed by atoms with van der Waals surface area (Å²) in [5.74, 6) is 1.10. The number of pyridine rings is 1. The molecular formula is C16H16N6O2. The molecule has 24 heavy (non-hydrogen) atoms. The van der Waals surface area contributed by atoms with Crippen molar-refractivity contribution < 1.29 is 9.53 Å². The number of aryl methyl sites for hydroxylation is 2. The first kappa shape index (κ1) is 14.6. The van der Waals surface area contributed by atoms with Crippen molar-refractivity contribution in [3.8, 4) is 11.7 Å². The highest BCUT2D eigenvalue weighted by atomic mass is 16.5. The lowest BCUT2D eigenvalue weighted by molar-refractivity contribution is 0.0719. The monoisotopic (exact) mass is 324 g/mol. The van der Waals surface area contributed by atoms with Crippen LogP contribution < -0.4 is 4.74 Å². The molecule has 3 aromatic rings. The SMILES string of the molecule is Cc1nc(-n2cncn2)ccc1C(=O)Oc1cc(C2CC2)nn1C. The molecule has 1 aliphatic carbocycles. The molecule has 0 amide bonds. The van der Waals surface area contributed by atoms with E-state index in [9.17, 15) is 4.79 Å². The van der Waals surface area contributed by atoms with Crippen LogP contribution in [0.1, 0.15) is 40.5 Å². The molecule has 1 fully saturated rings. The van der Waals surface area contributed by atoms with Crippen LogP contribution in [0.3, 0.4) is 0 Å². The van der Waals surface area contributed by atoms with Gasteiger partial charge in [-0.3, -0.25) is 0 Å². The number of aromatic nitrogens is 6. The fourth-order valence-corrected chi connectivity index (χ4v) is 2.51. The van der Waals surface area contributed by atoms with Gasteiger partial charge in [-0.15, -0.1) is 0 Å². The number of nitrogens with zero attached hydrogens (tertiary/aromatic N) is 6. The number of esters is 1. The zero-order valence-corrected chi connectivity index (χ0v) is 13.4. The van der Waals surface area contributed by atoms with Crippen LogP contribution in [0.2, 0.25) is 0 Å². The minimum atomic E-state index is -0.449. The summed E-state index contributed by atoms with van der Waals surface area (Å²) in [4.78, 5) is 20.7. The summed E-state index contributed by atoms with van der Waals surface area (Å²) in [7, 11) is 1.77. The molecule has 0 saturated heterocycles. The van der Waals surface area contributed by atoms with Gasteiger partial charge in [0.1, 0.15) is 12.7 Å². The van der Waals surface area contributed by atoms with E-state index in [2.05, 4.69) is 20.2 Å². The van der Waals surface area contributed by atoms with Crippen molar-refractivity contribution in [3.63, 3.8) is 0 Å². The van der Waals surface area contributed by atoms with Crippen molar-refractivity contribution in [2.75, 3.05) is 0 Å². The van der Waals surface area contributed by atoms with Gasteiger partial charge in [-0.05, 0) is 31.9 Å². The van der Waals surface area contributed by atoms with E-state index < -0.39 is 5.97 Å². The van der Waals surface area contributed by atoms with Gasteiger partial charge in [-0.1, -0.05) is 0 Å². The van der Waals surface area contributed by atoms with Crippen LogP contribution in [0.4, 0.5) is 0 Å². The Morgan fingerprint density at radius 3 is 2.83 bits per heavy atom. The zero-order valence-electron chi connectivity index (χ0n) is 13.4. The minimum absolute atomic E-state index is 0.410. The standard InChI is InChI=1S/C16H16N6O2/c1-10-12(5-6-14(19-10)22-9-17-8-18-22)16(23)24-15-7-13(11-3-4-11)20-21(15)2/h5-9,11H,3-4H2,1-2H3. The first-order valence-corrected chi connectivity index (χ1v) is 7.70. The van der Waals surface area contributed by atoms with Gasteiger partial charge in [0.05, 0.1) is 17.0 Å². The summed E-state index contributed by atoms with van der Waals surface area (Å²) < 4.78 is 8.62. The lowest BCUT2D eigenvalue weighted by Gasteiger charge is -2.07. The highest BCUT2D eigenvalue weighted by Crippen LogP contribution is 2.40. The van der Waals surface area contributed by atoms with Crippen molar-refractivity contribution in [2.45, 2.75) is 25.7 Å². The number of hydrogen-bond acceptors (Lipinski definition) is 6. The highest BCUT2D eigenvalue weighted by Gasteiger charge is 2.28. The fraction of sp³-hybridized carbons (Fsp3) is 0.312. The van der Waals surface area contributed by atoms with E-state index >= 15 is 0 Å². The van der Waals surface area contributed by atoms with Crippen LogP contribution in [0.25, 0.3) is 5.82 Å². The van der Waals surface area contributed by atoms with Crippen LogP contribution in [0.15, 0.2) is 30.9 Å². The van der Waals surface area contributed by atoms with Gasteiger partial charge < -0.3 is 4.74 Å². The van der Waals surface area contributed by atoms with Gasteiger partial charge in [0.15, 0.2) is 5.82 Å². The Bertz CT molecular complexity index is 895. The maximum Gasteiger partial charge on any atom is 0.346 e. The number of ether oxygens (including phenoxy) is 1. The Morgan fingerprint density at radius 2 is 2.17 bits per heavy atom. The third kappa shape index (κ3) is 2.66. The molecule has 1 aliphatic rings. The number of carbonyl (C=O) groups is 1. The average Bonchev–Trinajstić information content (AvgIpc) is 3.14. The van der Waals surface area contributed by atoms with E-state index in [0.29, 0.717) is 28.9 Å². The minimum Gasteiger partial charge on any atom is -0.404 e. The van der Waals surface area contributed by atoms with E-state index in [1.165, 1.54) is 11.0 Å². The summed E-state index contributed by atoms with van der Waals surface area (Å²) in [6.45, 7) is 1.76. The van der Waals surface area contributed by atoms with Gasteiger partial charge in [0.2, 0.25) is 5.88 Å². The quantitative estimate of drug-likeness (QED) is 0.680. The molecule has 0 bridgehead atoms. The first-order chi connectivity index (χ1) is 11.6. The second-order valence-electron chi connectivity index (χ2n) is 5.84. The summed E-state index contributed by atoms with van der Waals surface area (Å²) in [6.07, 6.45) is 5.28. The molecule has 0 aromatic carbocycles. The molecule has 0 spiro atoms. The van der Waals surface area contributed by atoms with Crippen molar-refractivity contribution >= 4 is 5.97 Å². The molecule has 122 valence electrons. The zero-order chi connectivity index (χ0) is 16.7. The van der Waals surface area contributed by atoms with Gasteiger partial charge in [-0.2, -0.15) is 10.2 Å². The molecule has 8 heteroatoms. The molecule has 8 nitrogen and oxygen atoms in total. The van der Waals surface area contributed by atoms with Crippen molar-refractivity contribution in [1.82, 2.24) is 29.5 Å². The maximum absolute atomic E-state index is 12.4. The number of carbonyl (C=O) groups excluding carboxylic acids is 1. The highest BCUT2D eigenvalue weighted by molar-refractivity contribution is 5.92. The van der Waals surface area contributed by atoms with Gasteiger partial charge in [-0.25, -0.2) is 24.1 Å². The molecule has 0 radical (unpaired) electrons. The van der Waals surface area contributed by atoms with E-state index in [-0.39, 0.29) is 0 Å². The molecule has 0 N–H and O–H groups in total. The van der Waals surface area contributed by atoms with E-state index in [1.54, 1.807) is 37.1 Å². The van der Waals surface area contributed by atoms with Crippen LogP contribution in [-0.2, 0) is 7.05 Å². The Hall–Kier alpha value is -3.03. The third-order valence-corrected chi connectivity index (χ3v) is 3.99. The number of hydrogen-bond donors (Lipinski definition) is 0. The lowest BCUT2D eigenvalue weighted by Crippen LogP contribution is -2.14. The molecule has 0 unspecified atom stereocenters. The second kappa shape index (κ2) is 5.55. The topological polar surface area (TPSA) is 87.7 Å². The second-order valence-corrected chi connectivity index (χ2v) is 5.84. The molecular weight excluding hydrogens is 308 g/mol. The normalized spacial score (nSPS) is 13.9. The van der Waals surface area contributed by atoms with Gasteiger partial charge in [0.25, 0.3) is 0 Å². The van der Waals surface area contributed by atoms with E-state index in [1.807, 2.05) is 6.07 Å². The summed E-state index contributed by atoms with van der Waals surface area (Å²) >= 11 is 0. The van der Waals surface area contributed by atoms with Crippen molar-refractivity contribution in [3.05, 3.63) is 47.8 Å². The molecule has 0 aliphatic heterocycles. The molecule has 4 rings (SSSR count). The van der Waals surface area contributed by atoms with Crippen LogP contribution >= 0.6 is 0 Å². The average molecular weight is 324 g/mol. The van der Waals surface area contributed by atoms with Gasteiger partial charge >= 0.3 is 5.97 Å². The Morgan fingerprint density at radius 1 is 1.33 bits per heavy atom. The summed E-state index contributed by atoms with van der Waals surface area (Å²) in [5, 5.41) is 8.42. The fourth-order valence-electron chi connectivity index (χ4n) is 2.51. The first-order valence-electron chi connectivity index (χ1n) is 7.70. The Labute approximate surface area is 138 Å². The van der Waals surface area contributed by atoms with Crippen LogP contribution in [0.5, 0.6) is 5.88 Å². The molecule has 3 aromatic heterocycles. The summed E-state index contributed by atoms with van der Waals surface area (Å²) in [6, 6.07) is 5.22. The molecule has 0 atom stereocenters. The largest absolute Gasteiger partial charge is 0.404 e.